The Bertz CT molecular complexity index is 1100. The number of halogens is 3. The van der Waals surface area contributed by atoms with Crippen molar-refractivity contribution in [1.82, 2.24) is 15.3 Å². The van der Waals surface area contributed by atoms with Gasteiger partial charge >= 0.3 is 12.2 Å². The van der Waals surface area contributed by atoms with E-state index in [-0.39, 0.29) is 11.3 Å². The number of urea groups is 1. The summed E-state index contributed by atoms with van der Waals surface area (Å²) >= 11 is 0. The number of rotatable bonds is 5. The zero-order valence-corrected chi connectivity index (χ0v) is 17.6. The van der Waals surface area contributed by atoms with Crippen LogP contribution < -0.4 is 10.6 Å². The van der Waals surface area contributed by atoms with Gasteiger partial charge in [0.25, 0.3) is 0 Å². The van der Waals surface area contributed by atoms with Crippen molar-refractivity contribution in [2.75, 3.05) is 5.32 Å². The molecule has 0 radical (unpaired) electrons. The zero-order chi connectivity index (χ0) is 22.9. The van der Waals surface area contributed by atoms with Crippen LogP contribution in [0.25, 0.3) is 0 Å². The van der Waals surface area contributed by atoms with Crippen molar-refractivity contribution in [1.29, 1.82) is 0 Å². The molecule has 166 valence electrons. The quantitative estimate of drug-likeness (QED) is 0.518. The van der Waals surface area contributed by atoms with E-state index in [1.54, 1.807) is 24.5 Å². The number of hydrogen-bond acceptors (Lipinski definition) is 3. The molecular weight excluding hydrogens is 417 g/mol. The molecular formula is C24H23F3N4O. The minimum Gasteiger partial charge on any atom is -0.325 e. The zero-order valence-electron chi connectivity index (χ0n) is 17.6. The molecule has 1 aliphatic rings. The number of alkyl halides is 3. The van der Waals surface area contributed by atoms with Crippen LogP contribution in [0.2, 0.25) is 0 Å². The van der Waals surface area contributed by atoms with Gasteiger partial charge in [-0.3, -0.25) is 9.97 Å². The summed E-state index contributed by atoms with van der Waals surface area (Å²) in [5.74, 6) is 0.270. The van der Waals surface area contributed by atoms with Gasteiger partial charge in [-0.1, -0.05) is 32.0 Å². The van der Waals surface area contributed by atoms with Gasteiger partial charge in [-0.15, -0.1) is 0 Å². The Morgan fingerprint density at radius 1 is 1.09 bits per heavy atom. The van der Waals surface area contributed by atoms with E-state index in [1.807, 2.05) is 12.1 Å². The van der Waals surface area contributed by atoms with E-state index in [2.05, 4.69) is 34.4 Å². The Kier molecular flexibility index (Phi) is 5.62. The van der Waals surface area contributed by atoms with Gasteiger partial charge in [0.2, 0.25) is 0 Å². The highest BCUT2D eigenvalue weighted by Gasteiger charge is 2.48. The molecule has 2 amide bonds. The number of benzene rings is 1. The first-order valence-corrected chi connectivity index (χ1v) is 10.2. The molecule has 2 heterocycles. The highest BCUT2D eigenvalue weighted by molar-refractivity contribution is 5.89. The normalized spacial score (nSPS) is 18.0. The van der Waals surface area contributed by atoms with E-state index in [0.29, 0.717) is 16.9 Å². The van der Waals surface area contributed by atoms with Crippen LogP contribution in [-0.4, -0.2) is 16.0 Å². The van der Waals surface area contributed by atoms with E-state index in [0.717, 1.165) is 24.1 Å². The molecule has 1 saturated carbocycles. The summed E-state index contributed by atoms with van der Waals surface area (Å²) in [6.45, 7) is 4.31. The molecule has 32 heavy (non-hydrogen) atoms. The van der Waals surface area contributed by atoms with Gasteiger partial charge in [-0.2, -0.15) is 13.2 Å². The van der Waals surface area contributed by atoms with Crippen LogP contribution in [0, 0.1) is 5.41 Å². The third kappa shape index (κ3) is 4.74. The van der Waals surface area contributed by atoms with E-state index in [9.17, 15) is 18.0 Å². The number of aromatic nitrogens is 2. The molecule has 0 bridgehead atoms. The topological polar surface area (TPSA) is 66.9 Å². The molecule has 2 N–H and O–H groups in total. The van der Waals surface area contributed by atoms with Gasteiger partial charge in [0.1, 0.15) is 0 Å². The number of nitrogens with zero attached hydrogens (tertiary/aromatic N) is 2. The maximum absolute atomic E-state index is 13.1. The third-order valence-electron chi connectivity index (χ3n) is 5.80. The van der Waals surface area contributed by atoms with E-state index in [1.165, 1.54) is 18.3 Å². The fraction of sp³-hybridized carbons (Fsp3) is 0.292. The predicted octanol–water partition coefficient (Wildman–Crippen LogP) is 5.92. The van der Waals surface area contributed by atoms with Crippen molar-refractivity contribution in [3.63, 3.8) is 0 Å². The lowest BCUT2D eigenvalue weighted by atomic mass is 9.94. The summed E-state index contributed by atoms with van der Waals surface area (Å²) in [5, 5.41) is 5.59. The molecule has 1 aromatic carbocycles. The highest BCUT2D eigenvalue weighted by Crippen LogP contribution is 2.59. The standard InChI is InChI=1S/C24H23F3N4O/c1-23(2)13-19(23)18-6-4-12-29-21(18)20(15-7-9-16(10-8-15)24(25,26)27)31-22(32)30-17-5-3-11-28-14-17/h3-12,14,19-20H,13H2,1-2H3,(H2,30,31,32). The smallest absolute Gasteiger partial charge is 0.325 e. The number of amides is 2. The molecule has 8 heteroatoms. The van der Waals surface area contributed by atoms with Crippen molar-refractivity contribution in [3.05, 3.63) is 89.5 Å². The fourth-order valence-corrected chi connectivity index (χ4v) is 3.87. The lowest BCUT2D eigenvalue weighted by Gasteiger charge is -2.23. The first-order valence-electron chi connectivity index (χ1n) is 10.2. The Balaban J connectivity index is 1.68. The van der Waals surface area contributed by atoms with E-state index < -0.39 is 23.8 Å². The predicted molar refractivity (Wildman–Crippen MR) is 115 cm³/mol. The van der Waals surface area contributed by atoms with Crippen LogP contribution in [-0.2, 0) is 6.18 Å². The molecule has 4 rings (SSSR count). The molecule has 2 aromatic heterocycles. The Hall–Kier alpha value is -3.42. The fourth-order valence-electron chi connectivity index (χ4n) is 3.87. The minimum atomic E-state index is -4.44. The van der Waals surface area contributed by atoms with Gasteiger partial charge in [0.15, 0.2) is 0 Å². The third-order valence-corrected chi connectivity index (χ3v) is 5.80. The maximum atomic E-state index is 13.1. The second-order valence-corrected chi connectivity index (χ2v) is 8.62. The van der Waals surface area contributed by atoms with E-state index >= 15 is 0 Å². The average Bonchev–Trinajstić information content (AvgIpc) is 3.40. The van der Waals surface area contributed by atoms with Crippen LogP contribution in [0.1, 0.15) is 54.6 Å². The molecule has 0 saturated heterocycles. The maximum Gasteiger partial charge on any atom is 0.416 e. The monoisotopic (exact) mass is 440 g/mol. The van der Waals surface area contributed by atoms with Crippen molar-refractivity contribution in [3.8, 4) is 0 Å². The van der Waals surface area contributed by atoms with Crippen LogP contribution in [0.5, 0.6) is 0 Å². The van der Waals surface area contributed by atoms with Crippen molar-refractivity contribution in [2.45, 2.75) is 38.4 Å². The van der Waals surface area contributed by atoms with Gasteiger partial charge < -0.3 is 10.6 Å². The van der Waals surface area contributed by atoms with Gasteiger partial charge in [-0.25, -0.2) is 4.79 Å². The molecule has 1 aliphatic carbocycles. The summed E-state index contributed by atoms with van der Waals surface area (Å²) < 4.78 is 39.2. The molecule has 0 aliphatic heterocycles. The highest BCUT2D eigenvalue weighted by atomic mass is 19.4. The number of carbonyl (C=O) groups is 1. The lowest BCUT2D eigenvalue weighted by Crippen LogP contribution is -2.34. The van der Waals surface area contributed by atoms with Gasteiger partial charge in [0, 0.05) is 12.4 Å². The lowest BCUT2D eigenvalue weighted by molar-refractivity contribution is -0.137. The van der Waals surface area contributed by atoms with Crippen molar-refractivity contribution < 1.29 is 18.0 Å². The minimum absolute atomic E-state index is 0.112. The van der Waals surface area contributed by atoms with Gasteiger partial charge in [0.05, 0.1) is 29.2 Å². The van der Waals surface area contributed by atoms with Crippen molar-refractivity contribution in [2.24, 2.45) is 5.41 Å². The van der Waals surface area contributed by atoms with Crippen molar-refractivity contribution >= 4 is 11.7 Å². The molecule has 2 atom stereocenters. The second kappa shape index (κ2) is 8.26. The number of hydrogen-bond donors (Lipinski definition) is 2. The molecule has 0 spiro atoms. The number of nitrogens with one attached hydrogen (secondary N) is 2. The number of pyridine rings is 2. The summed E-state index contributed by atoms with van der Waals surface area (Å²) in [6, 6.07) is 10.8. The molecule has 5 nitrogen and oxygen atoms in total. The summed E-state index contributed by atoms with van der Waals surface area (Å²) in [5.41, 5.74) is 2.00. The Morgan fingerprint density at radius 3 is 2.38 bits per heavy atom. The molecule has 2 unspecified atom stereocenters. The van der Waals surface area contributed by atoms with Crippen LogP contribution >= 0.6 is 0 Å². The van der Waals surface area contributed by atoms with Crippen LogP contribution in [0.4, 0.5) is 23.7 Å². The van der Waals surface area contributed by atoms with Gasteiger partial charge in [-0.05, 0) is 59.2 Å². The second-order valence-electron chi connectivity index (χ2n) is 8.62. The molecule has 1 fully saturated rings. The van der Waals surface area contributed by atoms with Crippen LogP contribution in [0.3, 0.4) is 0 Å². The summed E-state index contributed by atoms with van der Waals surface area (Å²) in [7, 11) is 0. The van der Waals surface area contributed by atoms with E-state index in [4.69, 9.17) is 0 Å². The summed E-state index contributed by atoms with van der Waals surface area (Å²) in [4.78, 5) is 21.3. The largest absolute Gasteiger partial charge is 0.416 e. The first kappa shape index (κ1) is 21.8. The SMILES string of the molecule is CC1(C)CC1c1cccnc1C(NC(=O)Nc1cccnc1)c1ccc(C(F)(F)F)cc1. The van der Waals surface area contributed by atoms with Crippen LogP contribution in [0.15, 0.2) is 67.1 Å². The number of anilines is 1. The summed E-state index contributed by atoms with van der Waals surface area (Å²) in [6.07, 6.45) is 1.27. The first-order chi connectivity index (χ1) is 15.1. The number of carbonyl (C=O) groups excluding carboxylic acids is 1. The Morgan fingerprint density at radius 2 is 1.78 bits per heavy atom. The Labute approximate surface area is 184 Å². The molecule has 3 aromatic rings. The average molecular weight is 440 g/mol.